The standard InChI is InChI=1S/C22H25N3O3S/c1-16(26)17-2-4-19(5-3-17)24-9-11-25(12-10-24)22(27)18-6-8-23-21(14-18)28-20-7-13-29-15-20/h2-6,8,14,20H,7,9-13,15H2,1H3/t20-/m1/s1. The van der Waals surface area contributed by atoms with Crippen LogP contribution in [0.2, 0.25) is 0 Å². The predicted molar refractivity (Wildman–Crippen MR) is 115 cm³/mol. The lowest BCUT2D eigenvalue weighted by molar-refractivity contribution is 0.0745. The van der Waals surface area contributed by atoms with Crippen LogP contribution in [0.25, 0.3) is 0 Å². The smallest absolute Gasteiger partial charge is 0.254 e. The Hall–Kier alpha value is -2.54. The van der Waals surface area contributed by atoms with E-state index in [9.17, 15) is 9.59 Å². The molecule has 2 aliphatic heterocycles. The van der Waals surface area contributed by atoms with E-state index >= 15 is 0 Å². The van der Waals surface area contributed by atoms with Crippen LogP contribution >= 0.6 is 11.8 Å². The van der Waals surface area contributed by atoms with E-state index in [4.69, 9.17) is 4.74 Å². The van der Waals surface area contributed by atoms with Crippen LogP contribution in [-0.2, 0) is 0 Å². The molecule has 0 aliphatic carbocycles. The lowest BCUT2D eigenvalue weighted by Crippen LogP contribution is -2.48. The highest BCUT2D eigenvalue weighted by molar-refractivity contribution is 7.99. The van der Waals surface area contributed by atoms with Gasteiger partial charge in [-0.2, -0.15) is 11.8 Å². The maximum Gasteiger partial charge on any atom is 0.254 e. The van der Waals surface area contributed by atoms with E-state index in [1.807, 2.05) is 40.9 Å². The summed E-state index contributed by atoms with van der Waals surface area (Å²) in [7, 11) is 0. The quantitative estimate of drug-likeness (QED) is 0.705. The topological polar surface area (TPSA) is 62.7 Å². The number of nitrogens with zero attached hydrogens (tertiary/aromatic N) is 3. The van der Waals surface area contributed by atoms with Gasteiger partial charge >= 0.3 is 0 Å². The molecule has 2 fully saturated rings. The molecule has 0 unspecified atom stereocenters. The van der Waals surface area contributed by atoms with Crippen molar-refractivity contribution in [2.24, 2.45) is 0 Å². The van der Waals surface area contributed by atoms with Crippen LogP contribution in [0.5, 0.6) is 5.88 Å². The lowest BCUT2D eigenvalue weighted by atomic mass is 10.1. The van der Waals surface area contributed by atoms with Crippen LogP contribution in [0, 0.1) is 0 Å². The highest BCUT2D eigenvalue weighted by Crippen LogP contribution is 2.23. The number of rotatable bonds is 5. The summed E-state index contributed by atoms with van der Waals surface area (Å²) in [5.41, 5.74) is 2.42. The van der Waals surface area contributed by atoms with Gasteiger partial charge in [0.25, 0.3) is 5.91 Å². The van der Waals surface area contributed by atoms with Gasteiger partial charge in [-0.05, 0) is 49.4 Å². The SMILES string of the molecule is CC(=O)c1ccc(N2CCN(C(=O)c3ccnc(O[C@@H]4CCSC4)c3)CC2)cc1. The van der Waals surface area contributed by atoms with Gasteiger partial charge in [-0.3, -0.25) is 9.59 Å². The molecule has 7 heteroatoms. The van der Waals surface area contributed by atoms with Crippen LogP contribution in [-0.4, -0.2) is 65.4 Å². The summed E-state index contributed by atoms with van der Waals surface area (Å²) in [4.78, 5) is 32.8. The molecule has 1 atom stereocenters. The van der Waals surface area contributed by atoms with Crippen LogP contribution in [0.15, 0.2) is 42.6 Å². The summed E-state index contributed by atoms with van der Waals surface area (Å²) >= 11 is 1.89. The Morgan fingerprint density at radius 3 is 2.48 bits per heavy atom. The maximum absolute atomic E-state index is 12.9. The normalized spacial score (nSPS) is 19.3. The first kappa shape index (κ1) is 19.8. The Kier molecular flexibility index (Phi) is 6.04. The zero-order valence-corrected chi connectivity index (χ0v) is 17.4. The number of Topliss-reactive ketones (excluding diaryl/α,β-unsaturated/α-hetero) is 1. The van der Waals surface area contributed by atoms with Crippen molar-refractivity contribution in [3.8, 4) is 5.88 Å². The van der Waals surface area contributed by atoms with Gasteiger partial charge in [0.15, 0.2) is 5.78 Å². The summed E-state index contributed by atoms with van der Waals surface area (Å²) in [5, 5.41) is 0. The zero-order valence-electron chi connectivity index (χ0n) is 16.5. The van der Waals surface area contributed by atoms with E-state index in [2.05, 4.69) is 9.88 Å². The molecule has 2 aliphatic rings. The van der Waals surface area contributed by atoms with E-state index in [0.717, 1.165) is 42.3 Å². The van der Waals surface area contributed by atoms with Crippen LogP contribution in [0.4, 0.5) is 5.69 Å². The number of aromatic nitrogens is 1. The first-order valence-corrected chi connectivity index (χ1v) is 11.1. The molecule has 0 saturated carbocycles. The number of hydrogen-bond donors (Lipinski definition) is 0. The minimum Gasteiger partial charge on any atom is -0.473 e. The summed E-state index contributed by atoms with van der Waals surface area (Å²) in [6.07, 6.45) is 2.87. The van der Waals surface area contributed by atoms with Gasteiger partial charge in [0.1, 0.15) is 6.10 Å². The Morgan fingerprint density at radius 2 is 1.83 bits per heavy atom. The number of ether oxygens (including phenoxy) is 1. The van der Waals surface area contributed by atoms with E-state index in [1.54, 1.807) is 25.3 Å². The molecule has 3 heterocycles. The highest BCUT2D eigenvalue weighted by Gasteiger charge is 2.24. The minimum absolute atomic E-state index is 0.0182. The molecule has 2 saturated heterocycles. The summed E-state index contributed by atoms with van der Waals surface area (Å²) < 4.78 is 5.92. The van der Waals surface area contributed by atoms with Gasteiger partial charge in [0.2, 0.25) is 5.88 Å². The molecular weight excluding hydrogens is 386 g/mol. The molecule has 0 radical (unpaired) electrons. The summed E-state index contributed by atoms with van der Waals surface area (Å²) in [6, 6.07) is 11.2. The molecule has 152 valence electrons. The third kappa shape index (κ3) is 4.72. The summed E-state index contributed by atoms with van der Waals surface area (Å²) in [6.45, 7) is 4.41. The van der Waals surface area contributed by atoms with Crippen molar-refractivity contribution in [3.63, 3.8) is 0 Å². The van der Waals surface area contributed by atoms with Gasteiger partial charge in [0.05, 0.1) is 0 Å². The fourth-order valence-electron chi connectivity index (χ4n) is 3.64. The van der Waals surface area contributed by atoms with Crippen molar-refractivity contribution in [2.75, 3.05) is 42.6 Å². The molecule has 29 heavy (non-hydrogen) atoms. The average Bonchev–Trinajstić information content (AvgIpc) is 3.26. The second kappa shape index (κ2) is 8.86. The largest absolute Gasteiger partial charge is 0.473 e. The Labute approximate surface area is 175 Å². The number of hydrogen-bond acceptors (Lipinski definition) is 6. The highest BCUT2D eigenvalue weighted by atomic mass is 32.2. The summed E-state index contributed by atoms with van der Waals surface area (Å²) in [5.74, 6) is 2.72. The van der Waals surface area contributed by atoms with Crippen molar-refractivity contribution >= 4 is 29.1 Å². The van der Waals surface area contributed by atoms with E-state index < -0.39 is 0 Å². The number of anilines is 1. The van der Waals surface area contributed by atoms with Gasteiger partial charge in [-0.1, -0.05) is 0 Å². The number of amides is 1. The third-order valence-electron chi connectivity index (χ3n) is 5.36. The number of carbonyl (C=O) groups is 2. The predicted octanol–water partition coefficient (Wildman–Crippen LogP) is 3.13. The molecular formula is C22H25N3O3S. The molecule has 4 rings (SSSR count). The first-order valence-electron chi connectivity index (χ1n) is 9.96. The molecule has 0 N–H and O–H groups in total. The number of ketones is 1. The fraction of sp³-hybridized carbons (Fsp3) is 0.409. The van der Waals surface area contributed by atoms with Crippen molar-refractivity contribution in [1.29, 1.82) is 0 Å². The molecule has 1 aromatic heterocycles. The minimum atomic E-state index is 0.0182. The number of benzene rings is 1. The second-order valence-electron chi connectivity index (χ2n) is 7.37. The van der Waals surface area contributed by atoms with Gasteiger partial charge < -0.3 is 14.5 Å². The van der Waals surface area contributed by atoms with Crippen molar-refractivity contribution in [3.05, 3.63) is 53.7 Å². The maximum atomic E-state index is 12.9. The lowest BCUT2D eigenvalue weighted by Gasteiger charge is -2.36. The Bertz CT molecular complexity index is 873. The zero-order chi connectivity index (χ0) is 20.2. The van der Waals surface area contributed by atoms with Crippen LogP contribution in [0.1, 0.15) is 34.1 Å². The third-order valence-corrected chi connectivity index (χ3v) is 6.49. The van der Waals surface area contributed by atoms with Gasteiger partial charge in [0, 0.05) is 61.0 Å². The number of pyridine rings is 1. The molecule has 2 aromatic rings. The van der Waals surface area contributed by atoms with Crippen LogP contribution < -0.4 is 9.64 Å². The first-order chi connectivity index (χ1) is 14.1. The van der Waals surface area contributed by atoms with E-state index in [1.165, 1.54) is 0 Å². The van der Waals surface area contributed by atoms with Gasteiger partial charge in [-0.25, -0.2) is 4.98 Å². The van der Waals surface area contributed by atoms with Crippen LogP contribution in [0.3, 0.4) is 0 Å². The number of thioether (sulfide) groups is 1. The Morgan fingerprint density at radius 1 is 1.07 bits per heavy atom. The molecule has 6 nitrogen and oxygen atoms in total. The monoisotopic (exact) mass is 411 g/mol. The van der Waals surface area contributed by atoms with Gasteiger partial charge in [-0.15, -0.1) is 0 Å². The second-order valence-corrected chi connectivity index (χ2v) is 8.52. The van der Waals surface area contributed by atoms with E-state index in [-0.39, 0.29) is 17.8 Å². The molecule has 1 aromatic carbocycles. The van der Waals surface area contributed by atoms with E-state index in [0.29, 0.717) is 24.5 Å². The number of piperazine rings is 1. The van der Waals surface area contributed by atoms with Crippen molar-refractivity contribution in [2.45, 2.75) is 19.4 Å². The van der Waals surface area contributed by atoms with Crippen molar-refractivity contribution in [1.82, 2.24) is 9.88 Å². The fourth-order valence-corrected chi connectivity index (χ4v) is 4.73. The molecule has 1 amide bonds. The molecule has 0 bridgehead atoms. The Balaban J connectivity index is 1.35. The molecule has 0 spiro atoms. The number of carbonyl (C=O) groups excluding carboxylic acids is 2. The van der Waals surface area contributed by atoms with Crippen molar-refractivity contribution < 1.29 is 14.3 Å². The average molecular weight is 412 g/mol.